The van der Waals surface area contributed by atoms with Crippen molar-refractivity contribution in [3.8, 4) is 11.4 Å². The van der Waals surface area contributed by atoms with Crippen molar-refractivity contribution in [1.82, 2.24) is 19.5 Å². The summed E-state index contributed by atoms with van der Waals surface area (Å²) in [7, 11) is 1.71. The van der Waals surface area contributed by atoms with Gasteiger partial charge in [0, 0.05) is 19.2 Å². The predicted octanol–water partition coefficient (Wildman–Crippen LogP) is 4.59. The maximum Gasteiger partial charge on any atom is 0.198 e. The Kier molecular flexibility index (Phi) is 4.40. The number of hydrogen-bond acceptors (Lipinski definition) is 4. The molecule has 0 aliphatic heterocycles. The first-order valence-electron chi connectivity index (χ1n) is 9.20. The van der Waals surface area contributed by atoms with Crippen LogP contribution in [0.2, 0.25) is 0 Å². The maximum atomic E-state index is 5.31. The van der Waals surface area contributed by atoms with Crippen LogP contribution in [0.25, 0.3) is 33.7 Å². The van der Waals surface area contributed by atoms with Crippen molar-refractivity contribution >= 4 is 22.3 Å². The number of ether oxygens (including phenoxy) is 1. The molecule has 2 aromatic carbocycles. The maximum absolute atomic E-state index is 5.31. The molecule has 0 spiro atoms. The zero-order valence-electron chi connectivity index (χ0n) is 16.2. The molecular formula is C22H24N4O. The van der Waals surface area contributed by atoms with E-state index < -0.39 is 0 Å². The van der Waals surface area contributed by atoms with Gasteiger partial charge in [0.2, 0.25) is 0 Å². The number of methoxy groups -OCH3 is 1. The lowest BCUT2D eigenvalue weighted by Gasteiger charge is -2.19. The van der Waals surface area contributed by atoms with Gasteiger partial charge in [-0.25, -0.2) is 15.0 Å². The van der Waals surface area contributed by atoms with Gasteiger partial charge in [-0.3, -0.25) is 0 Å². The van der Waals surface area contributed by atoms with Gasteiger partial charge in [0.1, 0.15) is 5.82 Å². The van der Waals surface area contributed by atoms with E-state index in [0.717, 1.165) is 28.1 Å². The van der Waals surface area contributed by atoms with Crippen LogP contribution in [0.5, 0.6) is 0 Å². The summed E-state index contributed by atoms with van der Waals surface area (Å²) in [6.45, 7) is 7.92. The summed E-state index contributed by atoms with van der Waals surface area (Å²) in [6, 6.07) is 16.5. The monoisotopic (exact) mass is 360 g/mol. The van der Waals surface area contributed by atoms with E-state index in [1.807, 2.05) is 24.3 Å². The normalized spacial score (nSPS) is 12.1. The molecule has 4 aromatic rings. The third-order valence-electron chi connectivity index (χ3n) is 4.79. The second-order valence-corrected chi connectivity index (χ2v) is 7.77. The summed E-state index contributed by atoms with van der Waals surface area (Å²) in [5.41, 5.74) is 5.67. The van der Waals surface area contributed by atoms with Gasteiger partial charge >= 0.3 is 0 Å². The third-order valence-corrected chi connectivity index (χ3v) is 4.79. The summed E-state index contributed by atoms with van der Waals surface area (Å²) in [4.78, 5) is 14.3. The molecule has 0 N–H and O–H groups in total. The van der Waals surface area contributed by atoms with Gasteiger partial charge in [0.25, 0.3) is 0 Å². The Morgan fingerprint density at radius 1 is 0.889 bits per heavy atom. The molecular weight excluding hydrogens is 336 g/mol. The van der Waals surface area contributed by atoms with Crippen LogP contribution in [0.1, 0.15) is 26.3 Å². The Morgan fingerprint density at radius 3 is 2.19 bits per heavy atom. The average molecular weight is 360 g/mol. The number of rotatable bonds is 4. The molecule has 2 aromatic heterocycles. The molecule has 0 saturated carbocycles. The molecule has 0 atom stereocenters. The van der Waals surface area contributed by atoms with Gasteiger partial charge < -0.3 is 9.30 Å². The van der Waals surface area contributed by atoms with E-state index in [4.69, 9.17) is 19.7 Å². The Bertz CT molecular complexity index is 1090. The summed E-state index contributed by atoms with van der Waals surface area (Å²) in [6.07, 6.45) is 0. The van der Waals surface area contributed by atoms with Crippen molar-refractivity contribution in [3.05, 3.63) is 54.1 Å². The Hall–Kier alpha value is -2.79. The van der Waals surface area contributed by atoms with Gasteiger partial charge in [0.15, 0.2) is 11.3 Å². The molecule has 0 aliphatic rings. The predicted molar refractivity (Wildman–Crippen MR) is 109 cm³/mol. The van der Waals surface area contributed by atoms with E-state index in [2.05, 4.69) is 49.6 Å². The number of fused-ring (bicyclic) bond motifs is 2. The largest absolute Gasteiger partial charge is 0.383 e. The number of aromatic nitrogens is 4. The minimum Gasteiger partial charge on any atom is -0.383 e. The number of nitrogens with zero attached hydrogens (tertiary/aromatic N) is 4. The Morgan fingerprint density at radius 2 is 1.56 bits per heavy atom. The molecule has 0 amide bonds. The van der Waals surface area contributed by atoms with Crippen LogP contribution in [0.15, 0.2) is 48.5 Å². The highest BCUT2D eigenvalue weighted by Crippen LogP contribution is 2.28. The smallest absolute Gasteiger partial charge is 0.198 e. The first kappa shape index (κ1) is 17.6. The van der Waals surface area contributed by atoms with E-state index in [1.54, 1.807) is 7.11 Å². The fraction of sp³-hybridized carbons (Fsp3) is 0.318. The van der Waals surface area contributed by atoms with E-state index in [0.29, 0.717) is 18.8 Å². The minimum absolute atomic E-state index is 0.121. The van der Waals surface area contributed by atoms with Crippen molar-refractivity contribution in [1.29, 1.82) is 0 Å². The molecule has 0 unspecified atom stereocenters. The van der Waals surface area contributed by atoms with Crippen LogP contribution in [0.3, 0.4) is 0 Å². The average Bonchev–Trinajstić information content (AvgIpc) is 3.01. The molecule has 4 rings (SSSR count). The van der Waals surface area contributed by atoms with Gasteiger partial charge in [0.05, 0.1) is 17.6 Å². The van der Waals surface area contributed by atoms with E-state index in [9.17, 15) is 0 Å². The molecule has 5 nitrogen and oxygen atoms in total. The molecule has 0 saturated heterocycles. The second-order valence-electron chi connectivity index (χ2n) is 7.77. The lowest BCUT2D eigenvalue weighted by atomic mass is 9.87. The molecule has 2 heterocycles. The number of hydrogen-bond donors (Lipinski definition) is 0. The standard InChI is InChI=1S/C22H24N4O/c1-22(2,3)16-11-9-15(10-12-16)20-25-19-21(26(20)13-14-27-4)24-18-8-6-5-7-17(18)23-19/h5-12H,13-14H2,1-4H3. The summed E-state index contributed by atoms with van der Waals surface area (Å²) in [5.74, 6) is 0.873. The van der Waals surface area contributed by atoms with Crippen LogP contribution >= 0.6 is 0 Å². The highest BCUT2D eigenvalue weighted by atomic mass is 16.5. The van der Waals surface area contributed by atoms with Crippen molar-refractivity contribution in [3.63, 3.8) is 0 Å². The third kappa shape index (κ3) is 3.30. The van der Waals surface area contributed by atoms with Crippen molar-refractivity contribution in [2.75, 3.05) is 13.7 Å². The molecule has 138 valence electrons. The van der Waals surface area contributed by atoms with Crippen molar-refractivity contribution in [2.24, 2.45) is 0 Å². The zero-order valence-corrected chi connectivity index (χ0v) is 16.2. The summed E-state index contributed by atoms with van der Waals surface area (Å²) in [5, 5.41) is 0. The van der Waals surface area contributed by atoms with Crippen LogP contribution in [0.4, 0.5) is 0 Å². The van der Waals surface area contributed by atoms with Gasteiger partial charge in [-0.15, -0.1) is 0 Å². The van der Waals surface area contributed by atoms with Crippen LogP contribution in [-0.2, 0) is 16.7 Å². The van der Waals surface area contributed by atoms with E-state index >= 15 is 0 Å². The van der Waals surface area contributed by atoms with Gasteiger partial charge in [-0.2, -0.15) is 0 Å². The highest BCUT2D eigenvalue weighted by molar-refractivity contribution is 5.84. The second kappa shape index (κ2) is 6.74. The first-order valence-corrected chi connectivity index (χ1v) is 9.20. The summed E-state index contributed by atoms with van der Waals surface area (Å²) < 4.78 is 7.41. The van der Waals surface area contributed by atoms with Crippen LogP contribution in [0, 0.1) is 0 Å². The number of para-hydroxylation sites is 2. The fourth-order valence-corrected chi connectivity index (χ4v) is 3.23. The topological polar surface area (TPSA) is 52.8 Å². The summed E-state index contributed by atoms with van der Waals surface area (Å²) >= 11 is 0. The Balaban J connectivity index is 1.89. The van der Waals surface area contributed by atoms with Crippen LogP contribution < -0.4 is 0 Å². The molecule has 0 fully saturated rings. The number of imidazole rings is 1. The molecule has 0 bridgehead atoms. The van der Waals surface area contributed by atoms with Crippen molar-refractivity contribution < 1.29 is 4.74 Å². The fourth-order valence-electron chi connectivity index (χ4n) is 3.23. The molecule has 5 heteroatoms. The lowest BCUT2D eigenvalue weighted by molar-refractivity contribution is 0.188. The molecule has 0 aliphatic carbocycles. The Labute approximate surface area is 159 Å². The lowest BCUT2D eigenvalue weighted by Crippen LogP contribution is -2.11. The highest BCUT2D eigenvalue weighted by Gasteiger charge is 2.18. The number of benzene rings is 2. The quantitative estimate of drug-likeness (QED) is 0.534. The molecule has 0 radical (unpaired) electrons. The van der Waals surface area contributed by atoms with E-state index in [1.165, 1.54) is 5.56 Å². The first-order chi connectivity index (χ1) is 13.0. The van der Waals surface area contributed by atoms with Gasteiger partial charge in [-0.1, -0.05) is 57.2 Å². The minimum atomic E-state index is 0.121. The molecule has 27 heavy (non-hydrogen) atoms. The zero-order chi connectivity index (χ0) is 19.0. The van der Waals surface area contributed by atoms with E-state index in [-0.39, 0.29) is 5.41 Å². The van der Waals surface area contributed by atoms with Crippen LogP contribution in [-0.4, -0.2) is 33.2 Å². The van der Waals surface area contributed by atoms with Gasteiger partial charge in [-0.05, 0) is 23.1 Å². The van der Waals surface area contributed by atoms with Crippen molar-refractivity contribution in [2.45, 2.75) is 32.7 Å². The SMILES string of the molecule is COCCn1c(-c2ccc(C(C)(C)C)cc2)nc2nc3ccccc3nc21.